The molecule has 4 atom stereocenters. The molecule has 1 saturated heterocycles. The number of likely N-dealkylation sites (tertiary alicyclic amines) is 1. The second-order valence-electron chi connectivity index (χ2n) is 17.1. The fourth-order valence-electron chi connectivity index (χ4n) is 6.77. The van der Waals surface area contributed by atoms with Crippen molar-refractivity contribution in [3.63, 3.8) is 0 Å². The van der Waals surface area contributed by atoms with E-state index in [4.69, 9.17) is 21.1 Å². The molecular formula is C46H60ClN3O7. The van der Waals surface area contributed by atoms with E-state index < -0.39 is 58.9 Å². The number of anilines is 2. The van der Waals surface area contributed by atoms with Crippen LogP contribution in [0.25, 0.3) is 0 Å². The van der Waals surface area contributed by atoms with Crippen molar-refractivity contribution >= 4 is 52.3 Å². The van der Waals surface area contributed by atoms with E-state index >= 15 is 0 Å². The first kappa shape index (κ1) is 45.2. The van der Waals surface area contributed by atoms with E-state index in [9.17, 15) is 24.0 Å². The van der Waals surface area contributed by atoms with Gasteiger partial charge in [0.2, 0.25) is 11.8 Å². The lowest BCUT2D eigenvalue weighted by Crippen LogP contribution is -2.45. The minimum absolute atomic E-state index is 0.0306. The largest absolute Gasteiger partial charge is 0.480 e. The molecule has 2 N–H and O–H groups in total. The normalized spacial score (nSPS) is 17.3. The van der Waals surface area contributed by atoms with Gasteiger partial charge in [0.1, 0.15) is 17.6 Å². The quantitative estimate of drug-likeness (QED) is 0.130. The van der Waals surface area contributed by atoms with Crippen LogP contribution in [0.1, 0.15) is 112 Å². The lowest BCUT2D eigenvalue weighted by molar-refractivity contribution is -0.147. The fourth-order valence-corrected chi connectivity index (χ4v) is 6.94. The van der Waals surface area contributed by atoms with Gasteiger partial charge in [-0.2, -0.15) is 0 Å². The van der Waals surface area contributed by atoms with Crippen LogP contribution in [0.2, 0.25) is 5.02 Å². The second kappa shape index (κ2) is 18.4. The molecule has 4 unspecified atom stereocenters. The van der Waals surface area contributed by atoms with Crippen LogP contribution in [0.15, 0.2) is 66.7 Å². The van der Waals surface area contributed by atoms with E-state index in [0.717, 1.165) is 24.0 Å². The molecule has 1 aliphatic rings. The molecular weight excluding hydrogens is 742 g/mol. The molecule has 0 aromatic heterocycles. The number of rotatable bonds is 17. The van der Waals surface area contributed by atoms with Crippen LogP contribution < -0.4 is 15.4 Å². The predicted molar refractivity (Wildman–Crippen MR) is 225 cm³/mol. The summed E-state index contributed by atoms with van der Waals surface area (Å²) in [6.45, 7) is 21.7. The molecule has 0 saturated carbocycles. The van der Waals surface area contributed by atoms with Crippen LogP contribution in [0.4, 0.5) is 11.4 Å². The maximum atomic E-state index is 14.2. The first-order valence-electron chi connectivity index (χ1n) is 20.0. The molecule has 308 valence electrons. The van der Waals surface area contributed by atoms with Crippen molar-refractivity contribution in [2.45, 2.75) is 125 Å². The van der Waals surface area contributed by atoms with Crippen LogP contribution >= 0.6 is 11.6 Å². The van der Waals surface area contributed by atoms with Crippen molar-refractivity contribution in [3.8, 4) is 5.75 Å². The number of carbonyl (C=O) groups is 5. The zero-order valence-electron chi connectivity index (χ0n) is 35.4. The van der Waals surface area contributed by atoms with Gasteiger partial charge >= 0.3 is 0 Å². The predicted octanol–water partition coefficient (Wildman–Crippen LogP) is 9.27. The molecule has 0 radical (unpaired) electrons. The average molecular weight is 802 g/mol. The molecule has 1 heterocycles. The Morgan fingerprint density at radius 2 is 1.46 bits per heavy atom. The molecule has 0 bridgehead atoms. The van der Waals surface area contributed by atoms with Crippen molar-refractivity contribution in [2.75, 3.05) is 17.2 Å². The molecule has 1 fully saturated rings. The van der Waals surface area contributed by atoms with Crippen molar-refractivity contribution in [1.29, 1.82) is 0 Å². The molecule has 0 spiro atoms. The van der Waals surface area contributed by atoms with Gasteiger partial charge in [-0.15, -0.1) is 0 Å². The van der Waals surface area contributed by atoms with Crippen molar-refractivity contribution in [1.82, 2.24) is 4.90 Å². The Bertz CT molecular complexity index is 1950. The summed E-state index contributed by atoms with van der Waals surface area (Å²) in [4.78, 5) is 71.4. The van der Waals surface area contributed by atoms with Crippen molar-refractivity contribution < 1.29 is 33.4 Å². The summed E-state index contributed by atoms with van der Waals surface area (Å²) < 4.78 is 12.2. The Kier molecular flexibility index (Phi) is 14.6. The first-order chi connectivity index (χ1) is 26.7. The molecule has 0 aliphatic carbocycles. The standard InChI is InChI=1S/C46H60ClN3O7/c1-12-34(57-35-24-21-29(45(8,9)13-2)25-31(35)46(10,11)14-3)40(53)48-30-22-23-32(47)33(26-30)49-41(54)37(39(52)44(5,6)7)36-38(51)43(56-15-4)50(42(36)55)27-28-19-17-16-18-20-28/h16-26,34,36-37,43H,12-15,27H2,1-11H3,(H,48,53)(H,49,54). The molecule has 3 aromatic rings. The van der Waals surface area contributed by atoms with E-state index in [1.807, 2.05) is 43.3 Å². The smallest absolute Gasteiger partial charge is 0.265 e. The van der Waals surface area contributed by atoms with Gasteiger partial charge in [-0.25, -0.2) is 0 Å². The number of Topliss-reactive ketones (excluding diaryl/α,β-unsaturated/α-hetero) is 2. The number of ketones is 2. The number of benzene rings is 3. The third-order valence-corrected chi connectivity index (χ3v) is 11.6. The van der Waals surface area contributed by atoms with Gasteiger partial charge in [-0.1, -0.05) is 123 Å². The van der Waals surface area contributed by atoms with Crippen molar-refractivity contribution in [3.05, 3.63) is 88.4 Å². The summed E-state index contributed by atoms with van der Waals surface area (Å²) in [5.41, 5.74) is 2.05. The van der Waals surface area contributed by atoms with E-state index in [0.29, 0.717) is 17.9 Å². The molecule has 11 heteroatoms. The van der Waals surface area contributed by atoms with E-state index in [-0.39, 0.29) is 34.7 Å². The third kappa shape index (κ3) is 10.3. The zero-order chi connectivity index (χ0) is 42.5. The molecule has 57 heavy (non-hydrogen) atoms. The van der Waals surface area contributed by atoms with Gasteiger partial charge in [-0.05, 0) is 72.4 Å². The number of nitrogens with one attached hydrogen (secondary N) is 2. The highest BCUT2D eigenvalue weighted by Gasteiger charge is 2.56. The maximum absolute atomic E-state index is 14.2. The molecule has 10 nitrogen and oxygen atoms in total. The summed E-state index contributed by atoms with van der Waals surface area (Å²) >= 11 is 6.57. The first-order valence-corrected chi connectivity index (χ1v) is 20.3. The summed E-state index contributed by atoms with van der Waals surface area (Å²) in [5.74, 6) is -5.87. The Morgan fingerprint density at radius 3 is 2.04 bits per heavy atom. The van der Waals surface area contributed by atoms with Crippen LogP contribution in [-0.4, -0.2) is 53.1 Å². The minimum Gasteiger partial charge on any atom is -0.480 e. The van der Waals surface area contributed by atoms with E-state index in [1.54, 1.807) is 33.8 Å². The summed E-state index contributed by atoms with van der Waals surface area (Å²) in [5, 5.41) is 5.72. The molecule has 4 rings (SSSR count). The third-order valence-electron chi connectivity index (χ3n) is 11.2. The van der Waals surface area contributed by atoms with Gasteiger partial charge in [0.05, 0.1) is 10.7 Å². The Balaban J connectivity index is 1.61. The summed E-state index contributed by atoms with van der Waals surface area (Å²) in [6.07, 6.45) is 0.0968. The van der Waals surface area contributed by atoms with Gasteiger partial charge < -0.3 is 25.0 Å². The summed E-state index contributed by atoms with van der Waals surface area (Å²) in [7, 11) is 0. The molecule has 3 amide bonds. The fraction of sp³-hybridized carbons (Fsp3) is 0.500. The number of amides is 3. The number of carbonyl (C=O) groups excluding carboxylic acids is 5. The van der Waals surface area contributed by atoms with Crippen LogP contribution in [0, 0.1) is 17.3 Å². The highest BCUT2D eigenvalue weighted by molar-refractivity contribution is 6.34. The monoisotopic (exact) mass is 801 g/mol. The number of ether oxygens (including phenoxy) is 2. The lowest BCUT2D eigenvalue weighted by Gasteiger charge is -2.31. The number of halogens is 1. The summed E-state index contributed by atoms with van der Waals surface area (Å²) in [6, 6.07) is 19.9. The minimum atomic E-state index is -1.68. The highest BCUT2D eigenvalue weighted by atomic mass is 35.5. The van der Waals surface area contributed by atoms with Crippen LogP contribution in [0.5, 0.6) is 5.75 Å². The number of nitrogens with zero attached hydrogens (tertiary/aromatic N) is 1. The van der Waals surface area contributed by atoms with E-state index in [2.05, 4.69) is 64.3 Å². The molecule has 1 aliphatic heterocycles. The average Bonchev–Trinajstić information content (AvgIpc) is 3.38. The zero-order valence-corrected chi connectivity index (χ0v) is 36.1. The molecule has 3 aromatic carbocycles. The van der Waals surface area contributed by atoms with Crippen LogP contribution in [-0.2, 0) is 46.1 Å². The SMILES string of the molecule is CCOC1C(=O)C(C(C(=O)Nc2cc(NC(=O)C(CC)Oc3ccc(C(C)(C)CC)cc3C(C)(C)CC)ccc2Cl)C(=O)C(C)(C)C)C(=O)N1Cc1ccccc1. The topological polar surface area (TPSA) is 131 Å². The second-order valence-corrected chi connectivity index (χ2v) is 17.5. The van der Waals surface area contributed by atoms with Gasteiger partial charge in [-0.3, -0.25) is 24.0 Å². The lowest BCUT2D eigenvalue weighted by atomic mass is 9.75. The van der Waals surface area contributed by atoms with E-state index in [1.165, 1.54) is 22.6 Å². The Labute approximate surface area is 343 Å². The Morgan fingerprint density at radius 1 is 0.807 bits per heavy atom. The highest BCUT2D eigenvalue weighted by Crippen LogP contribution is 2.40. The van der Waals surface area contributed by atoms with Crippen LogP contribution in [0.3, 0.4) is 0 Å². The van der Waals surface area contributed by atoms with Crippen molar-refractivity contribution in [2.24, 2.45) is 17.3 Å². The maximum Gasteiger partial charge on any atom is 0.265 e. The number of hydrogen-bond donors (Lipinski definition) is 2. The van der Waals surface area contributed by atoms with Gasteiger partial charge in [0.15, 0.2) is 23.9 Å². The number of hydrogen-bond acceptors (Lipinski definition) is 7. The Hall–Kier alpha value is -4.54. The van der Waals surface area contributed by atoms with Gasteiger partial charge in [0, 0.05) is 29.8 Å². The van der Waals surface area contributed by atoms with Gasteiger partial charge in [0.25, 0.3) is 5.91 Å².